The molecule has 0 spiro atoms. The van der Waals surface area contributed by atoms with Crippen LogP contribution in [0.3, 0.4) is 0 Å². The number of rotatable bonds is 2. The van der Waals surface area contributed by atoms with Gasteiger partial charge in [-0.15, -0.1) is 0 Å². The average Bonchev–Trinajstić information content (AvgIpc) is 2.34. The van der Waals surface area contributed by atoms with E-state index in [1.807, 2.05) is 19.1 Å². The molecular formula is C14H11BrClFO. The summed E-state index contributed by atoms with van der Waals surface area (Å²) in [6.07, 6.45) is -0.939. The predicted octanol–water partition coefficient (Wildman–Crippen LogP) is 4.63. The Morgan fingerprint density at radius 2 is 1.89 bits per heavy atom. The highest BCUT2D eigenvalue weighted by molar-refractivity contribution is 9.10. The van der Waals surface area contributed by atoms with Gasteiger partial charge in [0.15, 0.2) is 0 Å². The Balaban J connectivity index is 2.50. The minimum atomic E-state index is -0.939. The molecule has 0 radical (unpaired) electrons. The highest BCUT2D eigenvalue weighted by Gasteiger charge is 2.17. The molecule has 0 saturated heterocycles. The Morgan fingerprint density at radius 1 is 1.17 bits per heavy atom. The van der Waals surface area contributed by atoms with Crippen LogP contribution in [0.1, 0.15) is 22.8 Å². The highest BCUT2D eigenvalue weighted by Crippen LogP contribution is 2.31. The van der Waals surface area contributed by atoms with E-state index < -0.39 is 11.9 Å². The van der Waals surface area contributed by atoms with Crippen molar-refractivity contribution in [2.45, 2.75) is 13.0 Å². The minimum absolute atomic E-state index is 0.350. The molecule has 2 aromatic carbocycles. The summed E-state index contributed by atoms with van der Waals surface area (Å²) in [5.41, 5.74) is 2.00. The number of benzene rings is 2. The molecule has 0 fully saturated rings. The maximum atomic E-state index is 13.2. The van der Waals surface area contributed by atoms with Crippen LogP contribution < -0.4 is 0 Å². The number of hydrogen-bond donors (Lipinski definition) is 1. The lowest BCUT2D eigenvalue weighted by molar-refractivity contribution is 0.219. The van der Waals surface area contributed by atoms with E-state index in [0.29, 0.717) is 16.1 Å². The van der Waals surface area contributed by atoms with E-state index >= 15 is 0 Å². The molecule has 2 rings (SSSR count). The number of hydrogen-bond acceptors (Lipinski definition) is 1. The van der Waals surface area contributed by atoms with E-state index in [-0.39, 0.29) is 0 Å². The van der Waals surface area contributed by atoms with Gasteiger partial charge in [0.2, 0.25) is 0 Å². The third kappa shape index (κ3) is 2.74. The first-order valence-corrected chi connectivity index (χ1v) is 6.55. The van der Waals surface area contributed by atoms with Gasteiger partial charge < -0.3 is 5.11 Å². The Kier molecular flexibility index (Phi) is 4.05. The van der Waals surface area contributed by atoms with Crippen LogP contribution >= 0.6 is 27.5 Å². The van der Waals surface area contributed by atoms with Crippen molar-refractivity contribution in [3.63, 3.8) is 0 Å². The number of aliphatic hydroxyl groups is 1. The predicted molar refractivity (Wildman–Crippen MR) is 74.4 cm³/mol. The van der Waals surface area contributed by atoms with Crippen molar-refractivity contribution in [2.24, 2.45) is 0 Å². The van der Waals surface area contributed by atoms with Crippen molar-refractivity contribution in [1.29, 1.82) is 0 Å². The summed E-state index contributed by atoms with van der Waals surface area (Å²) in [6.45, 7) is 1.89. The van der Waals surface area contributed by atoms with E-state index in [9.17, 15) is 9.50 Å². The van der Waals surface area contributed by atoms with Crippen LogP contribution in [0.25, 0.3) is 0 Å². The molecule has 4 heteroatoms. The third-order valence-electron chi connectivity index (χ3n) is 2.79. The van der Waals surface area contributed by atoms with Crippen LogP contribution in [0.5, 0.6) is 0 Å². The molecule has 0 saturated carbocycles. The Hall–Kier alpha value is -0.900. The summed E-state index contributed by atoms with van der Waals surface area (Å²) < 4.78 is 14.1. The summed E-state index contributed by atoms with van der Waals surface area (Å²) in [4.78, 5) is 0. The lowest BCUT2D eigenvalue weighted by Gasteiger charge is -2.16. The third-order valence-corrected chi connectivity index (χ3v) is 3.63. The lowest BCUT2D eigenvalue weighted by atomic mass is 9.97. The molecule has 0 amide bonds. The van der Waals surface area contributed by atoms with Gasteiger partial charge in [-0.3, -0.25) is 0 Å². The molecule has 1 unspecified atom stereocenters. The molecule has 0 aliphatic carbocycles. The molecule has 0 aliphatic rings. The SMILES string of the molecule is Cc1ccc(Br)cc1C(O)c1cc(F)ccc1Cl. The van der Waals surface area contributed by atoms with Gasteiger partial charge in [-0.1, -0.05) is 33.6 Å². The second-order valence-corrected chi connectivity index (χ2v) is 5.39. The monoisotopic (exact) mass is 328 g/mol. The van der Waals surface area contributed by atoms with Gasteiger partial charge in [0, 0.05) is 15.1 Å². The van der Waals surface area contributed by atoms with Crippen molar-refractivity contribution in [1.82, 2.24) is 0 Å². The standard InChI is InChI=1S/C14H11BrClFO/c1-8-2-3-9(15)6-11(8)14(18)12-7-10(17)4-5-13(12)16/h2-7,14,18H,1H3. The van der Waals surface area contributed by atoms with E-state index in [2.05, 4.69) is 15.9 Å². The molecule has 0 aromatic heterocycles. The fourth-order valence-electron chi connectivity index (χ4n) is 1.80. The first-order chi connectivity index (χ1) is 8.49. The molecular weight excluding hydrogens is 319 g/mol. The zero-order valence-corrected chi connectivity index (χ0v) is 12.0. The van der Waals surface area contributed by atoms with Crippen molar-refractivity contribution < 1.29 is 9.50 Å². The highest BCUT2D eigenvalue weighted by atomic mass is 79.9. The Labute approximate surface area is 118 Å². The quantitative estimate of drug-likeness (QED) is 0.851. The van der Waals surface area contributed by atoms with Crippen LogP contribution in [-0.2, 0) is 0 Å². The van der Waals surface area contributed by atoms with Crippen molar-refractivity contribution in [3.8, 4) is 0 Å². The van der Waals surface area contributed by atoms with Crippen LogP contribution in [0.15, 0.2) is 40.9 Å². The van der Waals surface area contributed by atoms with E-state index in [0.717, 1.165) is 10.0 Å². The average molecular weight is 330 g/mol. The summed E-state index contributed by atoms with van der Waals surface area (Å²) in [5.74, 6) is -0.416. The van der Waals surface area contributed by atoms with Gasteiger partial charge >= 0.3 is 0 Å². The van der Waals surface area contributed by atoms with E-state index in [1.165, 1.54) is 18.2 Å². The molecule has 2 aromatic rings. The molecule has 1 nitrogen and oxygen atoms in total. The van der Waals surface area contributed by atoms with E-state index in [4.69, 9.17) is 11.6 Å². The zero-order valence-electron chi connectivity index (χ0n) is 9.62. The maximum absolute atomic E-state index is 13.2. The number of halogens is 3. The summed E-state index contributed by atoms with van der Waals surface area (Å²) in [6, 6.07) is 9.55. The smallest absolute Gasteiger partial charge is 0.123 e. The second kappa shape index (κ2) is 5.39. The summed E-state index contributed by atoms with van der Waals surface area (Å²) in [7, 11) is 0. The molecule has 0 heterocycles. The molecule has 94 valence electrons. The van der Waals surface area contributed by atoms with Gasteiger partial charge in [-0.05, 0) is 48.4 Å². The number of aliphatic hydroxyl groups excluding tert-OH is 1. The molecule has 18 heavy (non-hydrogen) atoms. The number of aryl methyl sites for hydroxylation is 1. The summed E-state index contributed by atoms with van der Waals surface area (Å²) >= 11 is 9.35. The van der Waals surface area contributed by atoms with Gasteiger partial charge in [0.05, 0.1) is 0 Å². The van der Waals surface area contributed by atoms with Crippen LogP contribution in [0, 0.1) is 12.7 Å². The van der Waals surface area contributed by atoms with Gasteiger partial charge in [0.25, 0.3) is 0 Å². The Bertz CT molecular complexity index is 535. The fraction of sp³-hybridized carbons (Fsp3) is 0.143. The molecule has 0 bridgehead atoms. The largest absolute Gasteiger partial charge is 0.384 e. The van der Waals surface area contributed by atoms with Gasteiger partial charge in [-0.2, -0.15) is 0 Å². The van der Waals surface area contributed by atoms with Crippen molar-refractivity contribution in [3.05, 3.63) is 68.4 Å². The molecule has 1 atom stereocenters. The van der Waals surface area contributed by atoms with E-state index in [1.54, 1.807) is 6.07 Å². The molecule has 1 N–H and O–H groups in total. The van der Waals surface area contributed by atoms with Gasteiger partial charge in [-0.25, -0.2) is 4.39 Å². The first kappa shape index (κ1) is 13.5. The first-order valence-electron chi connectivity index (χ1n) is 5.38. The second-order valence-electron chi connectivity index (χ2n) is 4.07. The zero-order chi connectivity index (χ0) is 13.3. The minimum Gasteiger partial charge on any atom is -0.384 e. The van der Waals surface area contributed by atoms with Crippen LogP contribution in [-0.4, -0.2) is 5.11 Å². The maximum Gasteiger partial charge on any atom is 0.123 e. The normalized spacial score (nSPS) is 12.5. The van der Waals surface area contributed by atoms with Crippen molar-refractivity contribution >= 4 is 27.5 Å². The van der Waals surface area contributed by atoms with Gasteiger partial charge in [0.1, 0.15) is 11.9 Å². The van der Waals surface area contributed by atoms with Crippen molar-refractivity contribution in [2.75, 3.05) is 0 Å². The van der Waals surface area contributed by atoms with Crippen LogP contribution in [0.4, 0.5) is 4.39 Å². The fourth-order valence-corrected chi connectivity index (χ4v) is 2.40. The Morgan fingerprint density at radius 3 is 2.61 bits per heavy atom. The van der Waals surface area contributed by atoms with Crippen LogP contribution in [0.2, 0.25) is 5.02 Å². The lowest BCUT2D eigenvalue weighted by Crippen LogP contribution is -2.03. The molecule has 0 aliphatic heterocycles. The topological polar surface area (TPSA) is 20.2 Å². The summed E-state index contributed by atoms with van der Waals surface area (Å²) in [5, 5.41) is 10.7.